The number of ether oxygens (including phenoxy) is 1. The first-order valence-electron chi connectivity index (χ1n) is 11.8. The van der Waals surface area contributed by atoms with E-state index in [-0.39, 0.29) is 18.0 Å². The van der Waals surface area contributed by atoms with E-state index in [0.717, 1.165) is 16.3 Å². The lowest BCUT2D eigenvalue weighted by atomic mass is 9.91. The summed E-state index contributed by atoms with van der Waals surface area (Å²) in [5.74, 6) is -0.169. The second-order valence-electron chi connectivity index (χ2n) is 8.53. The number of amidine groups is 1. The molecule has 1 aliphatic heterocycles. The fraction of sp³-hybridized carbons (Fsp3) is 0.231. The van der Waals surface area contributed by atoms with E-state index < -0.39 is 11.7 Å². The monoisotopic (exact) mass is 511 g/mol. The number of fused-ring (bicyclic) bond motifs is 1. The van der Waals surface area contributed by atoms with Crippen LogP contribution in [0.1, 0.15) is 28.2 Å². The van der Waals surface area contributed by atoms with E-state index in [1.807, 2.05) is 30.3 Å². The zero-order valence-corrected chi connectivity index (χ0v) is 21.1. The number of aromatic nitrogens is 5. The van der Waals surface area contributed by atoms with Crippen LogP contribution in [0.25, 0.3) is 16.7 Å². The number of ketones is 1. The Balaban J connectivity index is 1.48. The summed E-state index contributed by atoms with van der Waals surface area (Å²) in [6.45, 7) is 5.60. The molecule has 0 aliphatic carbocycles. The first kappa shape index (κ1) is 24.7. The second kappa shape index (κ2) is 10.2. The number of aromatic amines is 1. The lowest BCUT2D eigenvalue weighted by Crippen LogP contribution is -2.41. The molecule has 0 saturated carbocycles. The van der Waals surface area contributed by atoms with Crippen LogP contribution < -0.4 is 4.74 Å². The van der Waals surface area contributed by atoms with E-state index in [4.69, 9.17) is 4.74 Å². The fourth-order valence-corrected chi connectivity index (χ4v) is 4.56. The molecule has 0 bridgehead atoms. The number of H-pyrrole nitrogens is 1. The smallest absolute Gasteiger partial charge is 0.315 e. The van der Waals surface area contributed by atoms with E-state index in [1.165, 1.54) is 30.5 Å². The molecular formula is C26H25N9O3. The number of pyridine rings is 1. The molecule has 0 spiro atoms. The molecule has 0 saturated heterocycles. The van der Waals surface area contributed by atoms with Crippen LogP contribution in [0.4, 0.5) is 0 Å². The third-order valence-electron chi connectivity index (χ3n) is 6.34. The summed E-state index contributed by atoms with van der Waals surface area (Å²) in [7, 11) is 3.17. The Morgan fingerprint density at radius 1 is 1.21 bits per heavy atom. The minimum atomic E-state index is -0.794. The highest BCUT2D eigenvalue weighted by Crippen LogP contribution is 2.32. The minimum absolute atomic E-state index is 0.132. The third-order valence-corrected chi connectivity index (χ3v) is 6.34. The number of amides is 1. The Morgan fingerprint density at radius 3 is 2.66 bits per heavy atom. The molecule has 0 radical (unpaired) electrons. The first-order valence-corrected chi connectivity index (χ1v) is 11.8. The molecule has 1 aliphatic rings. The van der Waals surface area contributed by atoms with Crippen molar-refractivity contribution in [3.05, 3.63) is 66.0 Å². The number of nitrogens with one attached hydrogen (secondary N) is 1. The van der Waals surface area contributed by atoms with Gasteiger partial charge in [-0.2, -0.15) is 10.2 Å². The van der Waals surface area contributed by atoms with E-state index in [1.54, 1.807) is 14.0 Å². The molecule has 1 amide bonds. The Bertz CT molecular complexity index is 1600. The van der Waals surface area contributed by atoms with Crippen molar-refractivity contribution in [3.8, 4) is 11.6 Å². The average Bonchev–Trinajstić information content (AvgIpc) is 3.60. The number of carbonyl (C=O) groups is 2. The van der Waals surface area contributed by atoms with E-state index in [0.29, 0.717) is 40.6 Å². The molecular weight excluding hydrogens is 486 g/mol. The summed E-state index contributed by atoms with van der Waals surface area (Å²) in [6.07, 6.45) is 4.93. The maximum absolute atomic E-state index is 13.5. The Labute approximate surface area is 217 Å². The molecule has 1 unspecified atom stereocenters. The zero-order chi connectivity index (χ0) is 26.8. The number of hydrogen-bond acceptors (Lipinski definition) is 9. The largest absolute Gasteiger partial charge is 0.494 e. The molecule has 38 heavy (non-hydrogen) atoms. The highest BCUT2D eigenvalue weighted by molar-refractivity contribution is 6.45. The number of methoxy groups -OCH3 is 1. The molecule has 12 heteroatoms. The predicted octanol–water partition coefficient (Wildman–Crippen LogP) is 2.63. The number of Topliss-reactive ketones (excluding diaryl/α,β-unsaturated/α-hetero) is 1. The van der Waals surface area contributed by atoms with Crippen molar-refractivity contribution in [2.24, 2.45) is 21.0 Å². The predicted molar refractivity (Wildman–Crippen MR) is 142 cm³/mol. The van der Waals surface area contributed by atoms with Gasteiger partial charge in [0.2, 0.25) is 0 Å². The number of hydrazone groups is 1. The van der Waals surface area contributed by atoms with Crippen LogP contribution >= 0.6 is 0 Å². The third kappa shape index (κ3) is 4.25. The standard InChI is InChI=1S/C26H25N9O3/c1-15-31-14-35(32-15)25-22-20(19(38-4)13-30-25)18(12-29-22)23(36)26(37)34-11-10-17(24(28-3)33-34)21(27-2)16-8-6-5-7-9-16/h5-9,12-14,17,29H,3,10-11H2,1-2,4H3. The van der Waals surface area contributed by atoms with Gasteiger partial charge < -0.3 is 9.72 Å². The Morgan fingerprint density at radius 2 is 2.00 bits per heavy atom. The molecule has 12 nitrogen and oxygen atoms in total. The lowest BCUT2D eigenvalue weighted by molar-refractivity contribution is -0.126. The normalized spacial score (nSPS) is 15.9. The molecule has 3 aromatic heterocycles. The van der Waals surface area contributed by atoms with Gasteiger partial charge >= 0.3 is 5.91 Å². The quantitative estimate of drug-likeness (QED) is 0.239. The summed E-state index contributed by atoms with van der Waals surface area (Å²) in [4.78, 5) is 46.9. The van der Waals surface area contributed by atoms with Gasteiger partial charge in [0.05, 0.1) is 41.4 Å². The van der Waals surface area contributed by atoms with Gasteiger partial charge in [0.15, 0.2) is 11.7 Å². The number of benzene rings is 1. The van der Waals surface area contributed by atoms with Gasteiger partial charge in [-0.05, 0) is 25.6 Å². The number of hydrogen-bond donors (Lipinski definition) is 1. The van der Waals surface area contributed by atoms with Gasteiger partial charge in [0, 0.05) is 19.8 Å². The van der Waals surface area contributed by atoms with Crippen LogP contribution in [-0.4, -0.2) is 80.4 Å². The van der Waals surface area contributed by atoms with Crippen LogP contribution in [0.2, 0.25) is 0 Å². The van der Waals surface area contributed by atoms with E-state index in [2.05, 4.69) is 41.9 Å². The number of carbonyl (C=O) groups excluding carboxylic acids is 2. The number of aryl methyl sites for hydroxylation is 1. The summed E-state index contributed by atoms with van der Waals surface area (Å²) < 4.78 is 6.94. The summed E-state index contributed by atoms with van der Waals surface area (Å²) in [5, 5.41) is 10.2. The van der Waals surface area contributed by atoms with Crippen molar-refractivity contribution in [1.82, 2.24) is 29.7 Å². The van der Waals surface area contributed by atoms with Crippen LogP contribution in [0, 0.1) is 12.8 Å². The molecule has 1 N–H and O–H groups in total. The van der Waals surface area contributed by atoms with Crippen molar-refractivity contribution in [1.29, 1.82) is 0 Å². The first-order chi connectivity index (χ1) is 18.5. The van der Waals surface area contributed by atoms with Crippen molar-refractivity contribution in [2.75, 3.05) is 20.7 Å². The van der Waals surface area contributed by atoms with Crippen molar-refractivity contribution >= 4 is 40.9 Å². The van der Waals surface area contributed by atoms with Crippen molar-refractivity contribution in [3.63, 3.8) is 0 Å². The van der Waals surface area contributed by atoms with Crippen LogP contribution in [0.5, 0.6) is 5.75 Å². The van der Waals surface area contributed by atoms with Gasteiger partial charge in [0.25, 0.3) is 5.78 Å². The molecule has 192 valence electrons. The minimum Gasteiger partial charge on any atom is -0.494 e. The van der Waals surface area contributed by atoms with Crippen LogP contribution in [0.3, 0.4) is 0 Å². The summed E-state index contributed by atoms with van der Waals surface area (Å²) in [5.41, 5.74) is 2.34. The number of aliphatic imine (C=N–C) groups is 2. The van der Waals surface area contributed by atoms with Crippen molar-refractivity contribution < 1.29 is 14.3 Å². The van der Waals surface area contributed by atoms with Crippen LogP contribution in [-0.2, 0) is 4.79 Å². The fourth-order valence-electron chi connectivity index (χ4n) is 4.56. The molecule has 0 fully saturated rings. The maximum Gasteiger partial charge on any atom is 0.315 e. The molecule has 1 atom stereocenters. The average molecular weight is 512 g/mol. The SMILES string of the molecule is C=NC1=NN(C(=O)C(=O)c2c[nH]c3c(-n4cnc(C)n4)ncc(OC)c23)CCC1C(=NC)c1ccccc1. The highest BCUT2D eigenvalue weighted by atomic mass is 16.5. The Kier molecular flexibility index (Phi) is 6.60. The molecule has 4 heterocycles. The summed E-state index contributed by atoms with van der Waals surface area (Å²) >= 11 is 0. The van der Waals surface area contributed by atoms with Crippen molar-refractivity contribution in [2.45, 2.75) is 13.3 Å². The summed E-state index contributed by atoms with van der Waals surface area (Å²) in [6, 6.07) is 9.69. The molecule has 5 rings (SSSR count). The maximum atomic E-state index is 13.5. The van der Waals surface area contributed by atoms with Gasteiger partial charge in [-0.15, -0.1) is 0 Å². The van der Waals surface area contributed by atoms with Gasteiger partial charge in [0.1, 0.15) is 17.9 Å². The molecule has 1 aromatic carbocycles. The van der Waals surface area contributed by atoms with Gasteiger partial charge in [-0.3, -0.25) is 14.6 Å². The highest BCUT2D eigenvalue weighted by Gasteiger charge is 2.34. The second-order valence-corrected chi connectivity index (χ2v) is 8.53. The Hall–Kier alpha value is -5.00. The zero-order valence-electron chi connectivity index (χ0n) is 21.1. The molecule has 4 aromatic rings. The van der Waals surface area contributed by atoms with E-state index in [9.17, 15) is 9.59 Å². The number of rotatable bonds is 6. The number of nitrogens with zero attached hydrogens (tertiary/aromatic N) is 8. The van der Waals surface area contributed by atoms with E-state index >= 15 is 0 Å². The van der Waals surface area contributed by atoms with Gasteiger partial charge in [-0.1, -0.05) is 30.3 Å². The van der Waals surface area contributed by atoms with Crippen LogP contribution in [0.15, 0.2) is 64.1 Å². The van der Waals surface area contributed by atoms with Gasteiger partial charge in [-0.25, -0.2) is 24.7 Å². The topological polar surface area (TPSA) is 143 Å². The lowest BCUT2D eigenvalue weighted by Gasteiger charge is -2.28.